The number of carbonyl (C=O) groups excluding carboxylic acids is 1. The van der Waals surface area contributed by atoms with Crippen molar-refractivity contribution in [2.45, 2.75) is 43.7 Å². The molecule has 1 aromatic carbocycles. The highest BCUT2D eigenvalue weighted by Crippen LogP contribution is 2.35. The van der Waals surface area contributed by atoms with Crippen LogP contribution in [0.2, 0.25) is 0 Å². The van der Waals surface area contributed by atoms with Gasteiger partial charge >= 0.3 is 0 Å². The van der Waals surface area contributed by atoms with Crippen molar-refractivity contribution in [3.63, 3.8) is 0 Å². The molecule has 3 aliphatic rings. The Hall–Kier alpha value is -2.40. The predicted molar refractivity (Wildman–Crippen MR) is 109 cm³/mol. The lowest BCUT2D eigenvalue weighted by Crippen LogP contribution is -3.08. The largest absolute Gasteiger partial charge is 0.375 e. The van der Waals surface area contributed by atoms with E-state index in [0.29, 0.717) is 19.0 Å². The summed E-state index contributed by atoms with van der Waals surface area (Å²) in [4.78, 5) is 13.5. The topological polar surface area (TPSA) is 105 Å². The molecule has 10 nitrogen and oxygen atoms in total. The van der Waals surface area contributed by atoms with Crippen LogP contribution in [0.25, 0.3) is 11.4 Å². The molecule has 0 bridgehead atoms. The second-order valence-electron chi connectivity index (χ2n) is 8.55. The zero-order valence-electron chi connectivity index (χ0n) is 17.7. The molecule has 3 saturated heterocycles. The second kappa shape index (κ2) is 8.99. The van der Waals surface area contributed by atoms with Crippen molar-refractivity contribution in [1.82, 2.24) is 25.5 Å². The lowest BCUT2D eigenvalue weighted by Gasteiger charge is -2.18. The summed E-state index contributed by atoms with van der Waals surface area (Å²) in [5.41, 5.74) is 2.29. The number of ether oxygens (including phenoxy) is 3. The number of hydrogen-bond acceptors (Lipinski definition) is 7. The van der Waals surface area contributed by atoms with Crippen LogP contribution in [0.3, 0.4) is 0 Å². The average Bonchev–Trinajstić information content (AvgIpc) is 3.55. The van der Waals surface area contributed by atoms with Gasteiger partial charge in [0.2, 0.25) is 5.91 Å². The van der Waals surface area contributed by atoms with Crippen LogP contribution in [0.1, 0.15) is 24.4 Å². The van der Waals surface area contributed by atoms with E-state index < -0.39 is 0 Å². The lowest BCUT2D eigenvalue weighted by molar-refractivity contribution is -0.901. The van der Waals surface area contributed by atoms with Crippen molar-refractivity contribution in [1.29, 1.82) is 0 Å². The fourth-order valence-corrected chi connectivity index (χ4v) is 4.96. The molecule has 31 heavy (non-hydrogen) atoms. The van der Waals surface area contributed by atoms with Gasteiger partial charge in [-0.3, -0.25) is 4.79 Å². The maximum absolute atomic E-state index is 11.9. The smallest absolute Gasteiger partial charge is 0.246 e. The summed E-state index contributed by atoms with van der Waals surface area (Å²) < 4.78 is 18.7. The van der Waals surface area contributed by atoms with E-state index in [4.69, 9.17) is 14.2 Å². The van der Waals surface area contributed by atoms with Crippen molar-refractivity contribution >= 4 is 5.91 Å². The van der Waals surface area contributed by atoms with Gasteiger partial charge in [-0.1, -0.05) is 18.2 Å². The van der Waals surface area contributed by atoms with E-state index in [1.807, 2.05) is 10.7 Å². The average molecular weight is 430 g/mol. The van der Waals surface area contributed by atoms with E-state index in [1.54, 1.807) is 4.90 Å². The first kappa shape index (κ1) is 20.5. The van der Waals surface area contributed by atoms with Crippen LogP contribution in [0, 0.1) is 0 Å². The molecule has 3 fully saturated rings. The molecule has 1 aromatic heterocycles. The van der Waals surface area contributed by atoms with Crippen LogP contribution >= 0.6 is 0 Å². The van der Waals surface area contributed by atoms with E-state index in [9.17, 15) is 4.79 Å². The summed E-state index contributed by atoms with van der Waals surface area (Å²) in [5, 5.41) is 15.4. The fourth-order valence-electron chi connectivity index (χ4n) is 4.96. The Morgan fingerprint density at radius 2 is 2.10 bits per heavy atom. The Labute approximate surface area is 180 Å². The number of carbonyl (C=O) groups is 1. The summed E-state index contributed by atoms with van der Waals surface area (Å²) in [5.74, 6) is 0.534. The van der Waals surface area contributed by atoms with Gasteiger partial charge in [0.25, 0.3) is 0 Å². The number of amides is 1. The fraction of sp³-hybridized carbons (Fsp3) is 0.619. The van der Waals surface area contributed by atoms with Gasteiger partial charge < -0.3 is 24.4 Å². The van der Waals surface area contributed by atoms with Crippen molar-refractivity contribution in [3.8, 4) is 11.4 Å². The summed E-state index contributed by atoms with van der Waals surface area (Å²) in [6, 6.07) is 8.12. The van der Waals surface area contributed by atoms with Crippen LogP contribution in [-0.4, -0.2) is 84.4 Å². The number of tetrazole rings is 1. The van der Waals surface area contributed by atoms with Gasteiger partial charge in [-0.25, -0.2) is 4.68 Å². The van der Waals surface area contributed by atoms with Crippen molar-refractivity contribution in [2.75, 3.05) is 40.0 Å². The van der Waals surface area contributed by atoms with E-state index in [-0.39, 0.29) is 36.8 Å². The Balaban J connectivity index is 1.31. The molecule has 3 aliphatic heterocycles. The number of hydrogen-bond donors (Lipinski definition) is 2. The Morgan fingerprint density at radius 1 is 1.26 bits per heavy atom. The normalized spacial score (nSPS) is 28.2. The third kappa shape index (κ3) is 4.20. The van der Waals surface area contributed by atoms with Gasteiger partial charge in [0, 0.05) is 31.1 Å². The molecule has 0 unspecified atom stereocenters. The molecular weight excluding hydrogens is 400 g/mol. The third-order valence-electron chi connectivity index (χ3n) is 6.41. The molecule has 5 rings (SSSR count). The summed E-state index contributed by atoms with van der Waals surface area (Å²) in [6.45, 7) is 4.35. The molecule has 1 amide bonds. The van der Waals surface area contributed by atoms with Gasteiger partial charge in [-0.2, -0.15) is 0 Å². The van der Waals surface area contributed by atoms with Crippen LogP contribution in [0.5, 0.6) is 0 Å². The molecule has 0 spiro atoms. The van der Waals surface area contributed by atoms with Gasteiger partial charge in [0.1, 0.15) is 31.4 Å². The minimum absolute atomic E-state index is 0.0178. The molecule has 0 radical (unpaired) electrons. The molecule has 2 N–H and O–H groups in total. The number of quaternary nitrogens is 1. The number of nitrogens with one attached hydrogen (secondary N) is 2. The number of fused-ring (bicyclic) bond motifs is 1. The lowest BCUT2D eigenvalue weighted by atomic mass is 10.1. The van der Waals surface area contributed by atoms with Crippen molar-refractivity contribution < 1.29 is 23.9 Å². The number of benzene rings is 1. The van der Waals surface area contributed by atoms with Crippen molar-refractivity contribution in [2.24, 2.45) is 0 Å². The molecule has 0 aliphatic carbocycles. The Bertz CT molecular complexity index is 915. The molecule has 4 heterocycles. The number of nitrogens with zero attached hydrogens (tertiary/aromatic N) is 4. The predicted octanol–water partition coefficient (Wildman–Crippen LogP) is -1.01. The van der Waals surface area contributed by atoms with E-state index in [2.05, 4.69) is 39.0 Å². The van der Waals surface area contributed by atoms with Gasteiger partial charge in [-0.15, -0.1) is 5.10 Å². The summed E-state index contributed by atoms with van der Waals surface area (Å²) in [6.07, 6.45) is 2.18. The number of rotatable bonds is 7. The monoisotopic (exact) mass is 429 g/mol. The van der Waals surface area contributed by atoms with Gasteiger partial charge in [-0.05, 0) is 16.5 Å². The first-order valence-corrected chi connectivity index (χ1v) is 10.9. The molecule has 4 atom stereocenters. The van der Waals surface area contributed by atoms with Crippen LogP contribution in [0.4, 0.5) is 0 Å². The Kier molecular flexibility index (Phi) is 5.95. The third-order valence-corrected chi connectivity index (χ3v) is 6.41. The first-order valence-electron chi connectivity index (χ1n) is 10.9. The SMILES string of the molecule is COCC(=O)N[C@H]1CO[C@H]2[C@@H]1OC[C@@H]2n1nnnc1-c1cccc(C[NH+]2CCCC2)c1. The molecular formula is C21H29N6O4+. The van der Waals surface area contributed by atoms with Crippen molar-refractivity contribution in [3.05, 3.63) is 29.8 Å². The van der Waals surface area contributed by atoms with Gasteiger partial charge in [0.15, 0.2) is 5.82 Å². The first-order chi connectivity index (χ1) is 15.2. The Morgan fingerprint density at radius 3 is 2.94 bits per heavy atom. The summed E-state index contributed by atoms with van der Waals surface area (Å²) >= 11 is 0. The van der Waals surface area contributed by atoms with E-state index >= 15 is 0 Å². The summed E-state index contributed by atoms with van der Waals surface area (Å²) in [7, 11) is 1.50. The quantitative estimate of drug-likeness (QED) is 0.581. The van der Waals surface area contributed by atoms with E-state index in [0.717, 1.165) is 12.1 Å². The molecule has 0 saturated carbocycles. The molecule has 166 valence electrons. The van der Waals surface area contributed by atoms with Crippen LogP contribution < -0.4 is 10.2 Å². The standard InChI is InChI=1S/C21H28N6O4/c1-29-13-18(28)22-16-11-30-20-17(12-31-19(16)20)27-21(23-24-25-27)15-6-4-5-14(9-15)10-26-7-2-3-8-26/h4-6,9,16-17,19-20H,2-3,7-8,10-13H2,1H3,(H,22,28)/p+1/t16-,17-,19+,20+/m0/s1. The van der Waals surface area contributed by atoms with Crippen LogP contribution in [-0.2, 0) is 25.5 Å². The van der Waals surface area contributed by atoms with Crippen LogP contribution in [0.15, 0.2) is 24.3 Å². The maximum atomic E-state index is 11.9. The van der Waals surface area contributed by atoms with Gasteiger partial charge in [0.05, 0.1) is 32.3 Å². The minimum Gasteiger partial charge on any atom is -0.375 e. The molecule has 2 aromatic rings. The highest BCUT2D eigenvalue weighted by atomic mass is 16.6. The highest BCUT2D eigenvalue weighted by Gasteiger charge is 2.50. The number of aromatic nitrogens is 4. The highest BCUT2D eigenvalue weighted by molar-refractivity contribution is 5.77. The van der Waals surface area contributed by atoms with E-state index in [1.165, 1.54) is 38.6 Å². The maximum Gasteiger partial charge on any atom is 0.246 e. The zero-order chi connectivity index (χ0) is 21.2. The number of methoxy groups -OCH3 is 1. The molecule has 10 heteroatoms. The number of likely N-dealkylation sites (tertiary alicyclic amines) is 1. The zero-order valence-corrected chi connectivity index (χ0v) is 17.7. The second-order valence-corrected chi connectivity index (χ2v) is 8.55. The minimum atomic E-state index is -0.229.